The van der Waals surface area contributed by atoms with Crippen molar-refractivity contribution in [1.29, 1.82) is 0 Å². The van der Waals surface area contributed by atoms with E-state index in [9.17, 15) is 4.79 Å². The van der Waals surface area contributed by atoms with Gasteiger partial charge in [0.05, 0.1) is 5.92 Å². The number of anilines is 1. The number of benzene rings is 1. The first kappa shape index (κ1) is 12.6. The number of hydrogen-bond donors (Lipinski definition) is 2. The first-order chi connectivity index (χ1) is 7.56. The minimum atomic E-state index is -0.736. The number of carboxylic acid groups (broad SMARTS) is 1. The van der Waals surface area contributed by atoms with Crippen molar-refractivity contribution >= 4 is 11.7 Å². The number of rotatable bonds is 5. The minimum Gasteiger partial charge on any atom is -0.481 e. The Morgan fingerprint density at radius 1 is 1.44 bits per heavy atom. The Balaban J connectivity index is 2.67. The predicted molar refractivity (Wildman–Crippen MR) is 65.8 cm³/mol. The summed E-state index contributed by atoms with van der Waals surface area (Å²) in [6.07, 6.45) is 0.646. The van der Waals surface area contributed by atoms with Gasteiger partial charge in [-0.05, 0) is 37.5 Å². The largest absolute Gasteiger partial charge is 0.481 e. The number of carboxylic acids is 1. The van der Waals surface area contributed by atoms with E-state index in [1.807, 2.05) is 26.0 Å². The second-order valence-electron chi connectivity index (χ2n) is 4.07. The molecular weight excluding hydrogens is 202 g/mol. The van der Waals surface area contributed by atoms with Crippen molar-refractivity contribution in [1.82, 2.24) is 0 Å². The maximum atomic E-state index is 10.9. The highest BCUT2D eigenvalue weighted by atomic mass is 16.4. The van der Waals surface area contributed by atoms with Crippen LogP contribution in [0, 0.1) is 19.8 Å². The average Bonchev–Trinajstić information content (AvgIpc) is 2.24. The Kier molecular flexibility index (Phi) is 4.35. The molecule has 0 fully saturated rings. The van der Waals surface area contributed by atoms with Gasteiger partial charge in [0, 0.05) is 12.2 Å². The van der Waals surface area contributed by atoms with E-state index in [-0.39, 0.29) is 5.92 Å². The van der Waals surface area contributed by atoms with Gasteiger partial charge in [0.15, 0.2) is 0 Å². The Morgan fingerprint density at radius 3 is 2.69 bits per heavy atom. The zero-order valence-electron chi connectivity index (χ0n) is 10.1. The van der Waals surface area contributed by atoms with Crippen molar-refractivity contribution in [2.45, 2.75) is 27.2 Å². The van der Waals surface area contributed by atoms with Crippen molar-refractivity contribution in [3.05, 3.63) is 29.3 Å². The number of carbonyl (C=O) groups is 1. The predicted octanol–water partition coefficient (Wildman–Crippen LogP) is 2.83. The van der Waals surface area contributed by atoms with E-state index in [2.05, 4.69) is 18.3 Å². The summed E-state index contributed by atoms with van der Waals surface area (Å²) in [6, 6.07) is 6.01. The molecule has 0 aliphatic rings. The number of aliphatic carboxylic acids is 1. The van der Waals surface area contributed by atoms with Gasteiger partial charge in [0.1, 0.15) is 0 Å². The van der Waals surface area contributed by atoms with E-state index in [0.717, 1.165) is 5.69 Å². The van der Waals surface area contributed by atoms with Gasteiger partial charge in [0.25, 0.3) is 0 Å². The van der Waals surface area contributed by atoms with Crippen LogP contribution in [0.1, 0.15) is 24.5 Å². The Hall–Kier alpha value is -1.51. The number of aryl methyl sites for hydroxylation is 1. The fourth-order valence-electron chi connectivity index (χ4n) is 1.58. The first-order valence-electron chi connectivity index (χ1n) is 5.59. The monoisotopic (exact) mass is 221 g/mol. The summed E-state index contributed by atoms with van der Waals surface area (Å²) in [4.78, 5) is 10.9. The van der Waals surface area contributed by atoms with Gasteiger partial charge in [-0.1, -0.05) is 19.1 Å². The zero-order chi connectivity index (χ0) is 12.1. The van der Waals surface area contributed by atoms with E-state index in [1.165, 1.54) is 11.1 Å². The van der Waals surface area contributed by atoms with Crippen LogP contribution in [0.25, 0.3) is 0 Å². The van der Waals surface area contributed by atoms with Crippen LogP contribution in [-0.2, 0) is 4.79 Å². The second kappa shape index (κ2) is 5.54. The van der Waals surface area contributed by atoms with Crippen molar-refractivity contribution in [3.63, 3.8) is 0 Å². The third-order valence-corrected chi connectivity index (χ3v) is 2.99. The van der Waals surface area contributed by atoms with Crippen LogP contribution >= 0.6 is 0 Å². The van der Waals surface area contributed by atoms with Crippen molar-refractivity contribution in [2.24, 2.45) is 5.92 Å². The summed E-state index contributed by atoms with van der Waals surface area (Å²) in [6.45, 7) is 6.47. The highest BCUT2D eigenvalue weighted by molar-refractivity contribution is 5.71. The molecular formula is C13H19NO2. The highest BCUT2D eigenvalue weighted by Gasteiger charge is 2.14. The highest BCUT2D eigenvalue weighted by Crippen LogP contribution is 2.18. The van der Waals surface area contributed by atoms with Gasteiger partial charge in [0.2, 0.25) is 0 Å². The molecule has 0 radical (unpaired) electrons. The Morgan fingerprint density at radius 2 is 2.12 bits per heavy atom. The molecule has 0 heterocycles. The average molecular weight is 221 g/mol. The van der Waals surface area contributed by atoms with Gasteiger partial charge in [-0.25, -0.2) is 0 Å². The second-order valence-corrected chi connectivity index (χ2v) is 4.07. The maximum Gasteiger partial charge on any atom is 0.308 e. The molecule has 0 amide bonds. The molecule has 16 heavy (non-hydrogen) atoms. The lowest BCUT2D eigenvalue weighted by Crippen LogP contribution is -2.22. The Bertz CT molecular complexity index is 374. The van der Waals surface area contributed by atoms with Gasteiger partial charge < -0.3 is 10.4 Å². The van der Waals surface area contributed by atoms with Gasteiger partial charge >= 0.3 is 5.97 Å². The van der Waals surface area contributed by atoms with Crippen LogP contribution < -0.4 is 5.32 Å². The molecule has 88 valence electrons. The van der Waals surface area contributed by atoms with Crippen LogP contribution in [0.3, 0.4) is 0 Å². The molecule has 0 saturated carbocycles. The molecule has 0 spiro atoms. The molecule has 1 atom stereocenters. The van der Waals surface area contributed by atoms with Crippen LogP contribution in [0.4, 0.5) is 5.69 Å². The first-order valence-corrected chi connectivity index (χ1v) is 5.59. The lowest BCUT2D eigenvalue weighted by atomic mass is 10.1. The lowest BCUT2D eigenvalue weighted by molar-refractivity contribution is -0.141. The standard InChI is InChI=1S/C13H19NO2/c1-4-11(13(15)16)8-14-12-7-5-6-9(2)10(12)3/h5-7,11,14H,4,8H2,1-3H3,(H,15,16). The topological polar surface area (TPSA) is 49.3 Å². The van der Waals surface area contributed by atoms with Crippen LogP contribution in [0.15, 0.2) is 18.2 Å². The molecule has 3 nitrogen and oxygen atoms in total. The fourth-order valence-corrected chi connectivity index (χ4v) is 1.58. The van der Waals surface area contributed by atoms with Crippen molar-refractivity contribution < 1.29 is 9.90 Å². The van der Waals surface area contributed by atoms with E-state index in [0.29, 0.717) is 13.0 Å². The van der Waals surface area contributed by atoms with E-state index >= 15 is 0 Å². The van der Waals surface area contributed by atoms with E-state index in [1.54, 1.807) is 0 Å². The quantitative estimate of drug-likeness (QED) is 0.803. The van der Waals surface area contributed by atoms with E-state index < -0.39 is 5.97 Å². The number of nitrogens with one attached hydrogen (secondary N) is 1. The van der Waals surface area contributed by atoms with Crippen molar-refractivity contribution in [3.8, 4) is 0 Å². The molecule has 0 bridgehead atoms. The van der Waals surface area contributed by atoms with Crippen molar-refractivity contribution in [2.75, 3.05) is 11.9 Å². The third-order valence-electron chi connectivity index (χ3n) is 2.99. The summed E-state index contributed by atoms with van der Waals surface area (Å²) < 4.78 is 0. The molecule has 1 aromatic carbocycles. The smallest absolute Gasteiger partial charge is 0.308 e. The molecule has 1 aromatic rings. The van der Waals surface area contributed by atoms with E-state index in [4.69, 9.17) is 5.11 Å². The summed E-state index contributed by atoms with van der Waals surface area (Å²) >= 11 is 0. The molecule has 0 saturated heterocycles. The summed E-state index contributed by atoms with van der Waals surface area (Å²) in [5.74, 6) is -1.06. The summed E-state index contributed by atoms with van der Waals surface area (Å²) in [7, 11) is 0. The molecule has 3 heteroatoms. The van der Waals surface area contributed by atoms with Crippen LogP contribution in [0.5, 0.6) is 0 Å². The maximum absolute atomic E-state index is 10.9. The number of hydrogen-bond acceptors (Lipinski definition) is 2. The van der Waals surface area contributed by atoms with Gasteiger partial charge in [-0.3, -0.25) is 4.79 Å². The SMILES string of the molecule is CCC(CNc1cccc(C)c1C)C(=O)O. The fraction of sp³-hybridized carbons (Fsp3) is 0.462. The normalized spacial score (nSPS) is 12.2. The lowest BCUT2D eigenvalue weighted by Gasteiger charge is -2.14. The Labute approximate surface area is 96.5 Å². The zero-order valence-corrected chi connectivity index (χ0v) is 10.1. The molecule has 2 N–H and O–H groups in total. The van der Waals surface area contributed by atoms with Gasteiger partial charge in [-0.2, -0.15) is 0 Å². The summed E-state index contributed by atoms with van der Waals surface area (Å²) in [5.41, 5.74) is 3.43. The molecule has 1 unspecified atom stereocenters. The minimum absolute atomic E-state index is 0.320. The molecule has 0 aliphatic heterocycles. The van der Waals surface area contributed by atoms with Crippen LogP contribution in [0.2, 0.25) is 0 Å². The van der Waals surface area contributed by atoms with Crippen LogP contribution in [-0.4, -0.2) is 17.6 Å². The summed E-state index contributed by atoms with van der Waals surface area (Å²) in [5, 5.41) is 12.1. The molecule has 0 aromatic heterocycles. The third kappa shape index (κ3) is 2.99. The van der Waals surface area contributed by atoms with Gasteiger partial charge in [-0.15, -0.1) is 0 Å². The molecule has 1 rings (SSSR count). The molecule has 0 aliphatic carbocycles.